The Kier molecular flexibility index (Phi) is 5.52. The second kappa shape index (κ2) is 6.67. The van der Waals surface area contributed by atoms with Crippen LogP contribution in [0.3, 0.4) is 0 Å². The number of hydrogen-bond acceptors (Lipinski definition) is 5. The van der Waals surface area contributed by atoms with E-state index in [2.05, 4.69) is 15.0 Å². The second-order valence-corrected chi connectivity index (χ2v) is 5.54. The molecule has 1 atom stereocenters. The van der Waals surface area contributed by atoms with E-state index < -0.39 is 10.0 Å². The van der Waals surface area contributed by atoms with Crippen LogP contribution in [-0.2, 0) is 14.8 Å². The van der Waals surface area contributed by atoms with Crippen LogP contribution in [0.15, 0.2) is 23.4 Å². The number of pyridine rings is 1. The highest BCUT2D eigenvalue weighted by Gasteiger charge is 2.21. The van der Waals surface area contributed by atoms with Crippen molar-refractivity contribution >= 4 is 15.7 Å². The van der Waals surface area contributed by atoms with E-state index in [1.807, 2.05) is 0 Å². The Hall–Kier alpha value is -1.18. The van der Waals surface area contributed by atoms with Crippen molar-refractivity contribution in [1.82, 2.24) is 9.71 Å². The van der Waals surface area contributed by atoms with E-state index in [1.54, 1.807) is 33.2 Å². The van der Waals surface area contributed by atoms with Crippen LogP contribution in [0.25, 0.3) is 0 Å². The fraction of sp³-hybridized carbons (Fsp3) is 0.545. The SMILES string of the molecule is CNc1cccnc1S(=O)(=O)NC(C)CCOC. The molecule has 1 unspecified atom stereocenters. The summed E-state index contributed by atoms with van der Waals surface area (Å²) in [6.45, 7) is 2.29. The Morgan fingerprint density at radius 1 is 1.50 bits per heavy atom. The minimum absolute atomic E-state index is 0.0109. The van der Waals surface area contributed by atoms with Gasteiger partial charge in [0.15, 0.2) is 5.03 Å². The molecule has 0 radical (unpaired) electrons. The molecule has 0 saturated heterocycles. The Morgan fingerprint density at radius 3 is 2.83 bits per heavy atom. The van der Waals surface area contributed by atoms with Crippen LogP contribution >= 0.6 is 0 Å². The summed E-state index contributed by atoms with van der Waals surface area (Å²) in [6, 6.07) is 3.14. The van der Waals surface area contributed by atoms with E-state index in [-0.39, 0.29) is 11.1 Å². The highest BCUT2D eigenvalue weighted by molar-refractivity contribution is 7.89. The molecule has 0 aliphatic carbocycles. The third kappa shape index (κ3) is 3.94. The molecule has 1 aromatic rings. The first-order valence-corrected chi connectivity index (χ1v) is 7.13. The number of sulfonamides is 1. The van der Waals surface area contributed by atoms with Crippen LogP contribution < -0.4 is 10.0 Å². The smallest absolute Gasteiger partial charge is 0.260 e. The predicted octanol–water partition coefficient (Wildman–Crippen LogP) is 0.827. The van der Waals surface area contributed by atoms with Crippen molar-refractivity contribution in [2.75, 3.05) is 26.1 Å². The number of nitrogens with zero attached hydrogens (tertiary/aromatic N) is 1. The first kappa shape index (κ1) is 14.9. The zero-order valence-electron chi connectivity index (χ0n) is 10.8. The van der Waals surface area contributed by atoms with E-state index in [0.29, 0.717) is 18.7 Å². The molecule has 1 aromatic heterocycles. The molecule has 0 aliphatic heterocycles. The lowest BCUT2D eigenvalue weighted by molar-refractivity contribution is 0.188. The molecule has 0 aliphatic rings. The van der Waals surface area contributed by atoms with Crippen molar-refractivity contribution in [2.24, 2.45) is 0 Å². The van der Waals surface area contributed by atoms with Crippen molar-refractivity contribution in [3.63, 3.8) is 0 Å². The summed E-state index contributed by atoms with van der Waals surface area (Å²) in [5.74, 6) is 0. The molecule has 0 amide bonds. The second-order valence-electron chi connectivity index (χ2n) is 3.91. The number of methoxy groups -OCH3 is 1. The van der Waals surface area contributed by atoms with Gasteiger partial charge in [-0.2, -0.15) is 0 Å². The number of aromatic nitrogens is 1. The molecule has 1 rings (SSSR count). The van der Waals surface area contributed by atoms with Crippen molar-refractivity contribution in [2.45, 2.75) is 24.4 Å². The summed E-state index contributed by atoms with van der Waals surface area (Å²) in [6.07, 6.45) is 2.06. The maximum atomic E-state index is 12.1. The van der Waals surface area contributed by atoms with Gasteiger partial charge in [0.25, 0.3) is 10.0 Å². The van der Waals surface area contributed by atoms with Gasteiger partial charge >= 0.3 is 0 Å². The van der Waals surface area contributed by atoms with Gasteiger partial charge in [0.05, 0.1) is 5.69 Å². The molecule has 2 N–H and O–H groups in total. The van der Waals surface area contributed by atoms with Gasteiger partial charge in [0, 0.05) is 33.0 Å². The zero-order chi connectivity index (χ0) is 13.6. The van der Waals surface area contributed by atoms with Gasteiger partial charge in [0.1, 0.15) is 0 Å². The van der Waals surface area contributed by atoms with Gasteiger partial charge in [-0.05, 0) is 25.5 Å². The summed E-state index contributed by atoms with van der Waals surface area (Å²) in [7, 11) is -0.372. The van der Waals surface area contributed by atoms with Gasteiger partial charge in [0.2, 0.25) is 0 Å². The lowest BCUT2D eigenvalue weighted by atomic mass is 10.3. The van der Waals surface area contributed by atoms with E-state index in [9.17, 15) is 8.42 Å². The summed E-state index contributed by atoms with van der Waals surface area (Å²) < 4.78 is 31.7. The molecular formula is C11H19N3O3S. The minimum Gasteiger partial charge on any atom is -0.386 e. The summed E-state index contributed by atoms with van der Waals surface area (Å²) >= 11 is 0. The summed E-state index contributed by atoms with van der Waals surface area (Å²) in [5, 5.41) is 2.82. The molecule has 0 fully saturated rings. The normalized spacial score (nSPS) is 13.3. The highest BCUT2D eigenvalue weighted by atomic mass is 32.2. The monoisotopic (exact) mass is 273 g/mol. The molecule has 0 bridgehead atoms. The van der Waals surface area contributed by atoms with Crippen LogP contribution in [0.1, 0.15) is 13.3 Å². The molecule has 0 spiro atoms. The minimum atomic E-state index is -3.61. The van der Waals surface area contributed by atoms with Crippen molar-refractivity contribution < 1.29 is 13.2 Å². The predicted molar refractivity (Wildman–Crippen MR) is 70.1 cm³/mol. The average molecular weight is 273 g/mol. The molecule has 1 heterocycles. The van der Waals surface area contributed by atoms with Crippen molar-refractivity contribution in [3.8, 4) is 0 Å². The maximum absolute atomic E-state index is 12.1. The number of anilines is 1. The van der Waals surface area contributed by atoms with E-state index >= 15 is 0 Å². The van der Waals surface area contributed by atoms with Crippen molar-refractivity contribution in [1.29, 1.82) is 0 Å². The van der Waals surface area contributed by atoms with E-state index in [0.717, 1.165) is 0 Å². The molecule has 0 aromatic carbocycles. The van der Waals surface area contributed by atoms with Crippen LogP contribution in [0.5, 0.6) is 0 Å². The Morgan fingerprint density at radius 2 is 2.22 bits per heavy atom. The standard InChI is InChI=1S/C11H19N3O3S/c1-9(6-8-17-3)14-18(15,16)11-10(12-2)5-4-7-13-11/h4-5,7,9,12,14H,6,8H2,1-3H3. The van der Waals surface area contributed by atoms with Crippen LogP contribution in [-0.4, -0.2) is 40.2 Å². The van der Waals surface area contributed by atoms with E-state index in [4.69, 9.17) is 4.74 Å². The van der Waals surface area contributed by atoms with Crippen LogP contribution in [0.4, 0.5) is 5.69 Å². The van der Waals surface area contributed by atoms with Gasteiger partial charge in [-0.3, -0.25) is 0 Å². The Bertz CT molecular complexity index is 476. The van der Waals surface area contributed by atoms with Crippen LogP contribution in [0.2, 0.25) is 0 Å². The largest absolute Gasteiger partial charge is 0.386 e. The maximum Gasteiger partial charge on any atom is 0.260 e. The van der Waals surface area contributed by atoms with E-state index in [1.165, 1.54) is 6.20 Å². The Labute approximate surface area is 108 Å². The van der Waals surface area contributed by atoms with Gasteiger partial charge in [-0.25, -0.2) is 18.1 Å². The zero-order valence-corrected chi connectivity index (χ0v) is 11.6. The van der Waals surface area contributed by atoms with Crippen LogP contribution in [0, 0.1) is 0 Å². The number of hydrogen-bond donors (Lipinski definition) is 2. The quantitative estimate of drug-likeness (QED) is 0.769. The molecule has 0 saturated carbocycles. The highest BCUT2D eigenvalue weighted by Crippen LogP contribution is 2.17. The van der Waals surface area contributed by atoms with Gasteiger partial charge in [-0.15, -0.1) is 0 Å². The lowest BCUT2D eigenvalue weighted by Gasteiger charge is -2.14. The molecular weight excluding hydrogens is 254 g/mol. The van der Waals surface area contributed by atoms with Crippen molar-refractivity contribution in [3.05, 3.63) is 18.3 Å². The first-order valence-electron chi connectivity index (χ1n) is 5.65. The Balaban J connectivity index is 2.86. The fourth-order valence-corrected chi connectivity index (χ4v) is 2.89. The summed E-state index contributed by atoms with van der Waals surface area (Å²) in [5.41, 5.74) is 0.476. The molecule has 18 heavy (non-hydrogen) atoms. The fourth-order valence-electron chi connectivity index (χ4n) is 1.47. The molecule has 102 valence electrons. The van der Waals surface area contributed by atoms with Gasteiger partial charge in [-0.1, -0.05) is 0 Å². The lowest BCUT2D eigenvalue weighted by Crippen LogP contribution is -2.34. The van der Waals surface area contributed by atoms with Gasteiger partial charge < -0.3 is 10.1 Å². The third-order valence-corrected chi connectivity index (χ3v) is 3.95. The number of nitrogens with one attached hydrogen (secondary N) is 2. The average Bonchev–Trinajstić information content (AvgIpc) is 2.35. The molecule has 7 heteroatoms. The molecule has 6 nitrogen and oxygen atoms in total. The first-order chi connectivity index (χ1) is 8.51. The topological polar surface area (TPSA) is 80.3 Å². The summed E-state index contributed by atoms with van der Waals surface area (Å²) in [4.78, 5) is 3.91. The number of ether oxygens (including phenoxy) is 1. The number of rotatable bonds is 7. The third-order valence-electron chi connectivity index (χ3n) is 2.41.